The van der Waals surface area contributed by atoms with Crippen LogP contribution in [0.5, 0.6) is 5.75 Å². The standard InChI is InChI=1S/C12H13NO4/c1-7(12(15)16)17-9-3-4-10-8(6-9)2-5-11(14)13-10/h3-4,6-7H,2,5H2,1H3,(H,13,14)(H,15,16)/t7-/m1/s1. The molecule has 0 bridgehead atoms. The van der Waals surface area contributed by atoms with Gasteiger partial charge in [-0.05, 0) is 37.1 Å². The van der Waals surface area contributed by atoms with Crippen LogP contribution in [-0.2, 0) is 16.0 Å². The molecule has 1 aliphatic rings. The number of amides is 1. The molecule has 1 aromatic rings. The molecule has 0 unspecified atom stereocenters. The fraction of sp³-hybridized carbons (Fsp3) is 0.333. The second-order valence-corrected chi connectivity index (χ2v) is 3.97. The highest BCUT2D eigenvalue weighted by Gasteiger charge is 2.17. The summed E-state index contributed by atoms with van der Waals surface area (Å²) in [4.78, 5) is 21.8. The van der Waals surface area contributed by atoms with E-state index in [2.05, 4.69) is 5.32 Å². The van der Waals surface area contributed by atoms with Crippen molar-refractivity contribution in [2.75, 3.05) is 5.32 Å². The lowest BCUT2D eigenvalue weighted by molar-refractivity contribution is -0.144. The third-order valence-corrected chi connectivity index (χ3v) is 2.63. The number of hydrogen-bond acceptors (Lipinski definition) is 3. The van der Waals surface area contributed by atoms with Crippen molar-refractivity contribution >= 4 is 17.6 Å². The summed E-state index contributed by atoms with van der Waals surface area (Å²) in [6.45, 7) is 1.48. The number of anilines is 1. The Morgan fingerprint density at radius 3 is 2.94 bits per heavy atom. The number of nitrogens with one attached hydrogen (secondary N) is 1. The van der Waals surface area contributed by atoms with Gasteiger partial charge in [-0.25, -0.2) is 4.79 Å². The van der Waals surface area contributed by atoms with E-state index in [0.717, 1.165) is 11.3 Å². The molecule has 1 aliphatic heterocycles. The Morgan fingerprint density at radius 2 is 2.24 bits per heavy atom. The van der Waals surface area contributed by atoms with E-state index in [-0.39, 0.29) is 5.91 Å². The molecule has 0 radical (unpaired) electrons. The number of carboxylic acids is 1. The van der Waals surface area contributed by atoms with Gasteiger partial charge in [-0.15, -0.1) is 0 Å². The van der Waals surface area contributed by atoms with Crippen LogP contribution in [0.15, 0.2) is 18.2 Å². The average molecular weight is 235 g/mol. The largest absolute Gasteiger partial charge is 0.479 e. The molecule has 90 valence electrons. The van der Waals surface area contributed by atoms with Gasteiger partial charge in [-0.1, -0.05) is 0 Å². The second kappa shape index (κ2) is 4.45. The number of benzene rings is 1. The van der Waals surface area contributed by atoms with Gasteiger partial charge in [0.25, 0.3) is 0 Å². The van der Waals surface area contributed by atoms with Crippen molar-refractivity contribution < 1.29 is 19.4 Å². The normalized spacial score (nSPS) is 15.7. The first-order chi connectivity index (χ1) is 8.06. The Labute approximate surface area is 98.4 Å². The Balaban J connectivity index is 2.16. The number of fused-ring (bicyclic) bond motifs is 1. The molecule has 0 aromatic heterocycles. The predicted molar refractivity (Wildman–Crippen MR) is 61.1 cm³/mol. The minimum Gasteiger partial charge on any atom is -0.479 e. The summed E-state index contributed by atoms with van der Waals surface area (Å²) < 4.78 is 5.26. The molecule has 2 N–H and O–H groups in total. The van der Waals surface area contributed by atoms with E-state index in [9.17, 15) is 9.59 Å². The molecule has 0 aliphatic carbocycles. The first-order valence-corrected chi connectivity index (χ1v) is 5.38. The van der Waals surface area contributed by atoms with Crippen LogP contribution < -0.4 is 10.1 Å². The van der Waals surface area contributed by atoms with Crippen LogP contribution in [0.1, 0.15) is 18.9 Å². The summed E-state index contributed by atoms with van der Waals surface area (Å²) >= 11 is 0. The van der Waals surface area contributed by atoms with Gasteiger partial charge in [0.15, 0.2) is 6.10 Å². The zero-order chi connectivity index (χ0) is 12.4. The molecular formula is C12H13NO4. The number of carbonyl (C=O) groups excluding carboxylic acids is 1. The molecule has 1 atom stereocenters. The van der Waals surface area contributed by atoms with Crippen LogP contribution in [0.2, 0.25) is 0 Å². The van der Waals surface area contributed by atoms with Crippen molar-refractivity contribution in [2.24, 2.45) is 0 Å². The van der Waals surface area contributed by atoms with E-state index in [0.29, 0.717) is 18.6 Å². The number of hydrogen-bond donors (Lipinski definition) is 2. The highest BCUT2D eigenvalue weighted by atomic mass is 16.5. The summed E-state index contributed by atoms with van der Waals surface area (Å²) in [6.07, 6.45) is 0.219. The monoisotopic (exact) mass is 235 g/mol. The van der Waals surface area contributed by atoms with Gasteiger partial charge in [0.1, 0.15) is 5.75 Å². The van der Waals surface area contributed by atoms with Crippen LogP contribution in [0.25, 0.3) is 0 Å². The van der Waals surface area contributed by atoms with Crippen molar-refractivity contribution in [2.45, 2.75) is 25.9 Å². The number of carboxylic acid groups (broad SMARTS) is 1. The zero-order valence-electron chi connectivity index (χ0n) is 9.40. The highest BCUT2D eigenvalue weighted by Crippen LogP contribution is 2.27. The maximum Gasteiger partial charge on any atom is 0.344 e. The van der Waals surface area contributed by atoms with Crippen molar-refractivity contribution in [1.82, 2.24) is 0 Å². The van der Waals surface area contributed by atoms with E-state index in [1.54, 1.807) is 18.2 Å². The maximum absolute atomic E-state index is 11.2. The van der Waals surface area contributed by atoms with Gasteiger partial charge in [-0.3, -0.25) is 4.79 Å². The Bertz CT molecular complexity index is 470. The van der Waals surface area contributed by atoms with Crippen molar-refractivity contribution in [3.05, 3.63) is 23.8 Å². The molecule has 1 heterocycles. The molecular weight excluding hydrogens is 222 g/mol. The van der Waals surface area contributed by atoms with Crippen LogP contribution in [0, 0.1) is 0 Å². The minimum absolute atomic E-state index is 0.00470. The fourth-order valence-electron chi connectivity index (χ4n) is 1.69. The lowest BCUT2D eigenvalue weighted by atomic mass is 10.0. The van der Waals surface area contributed by atoms with Crippen LogP contribution in [0.4, 0.5) is 5.69 Å². The molecule has 0 spiro atoms. The lowest BCUT2D eigenvalue weighted by Gasteiger charge is -2.18. The summed E-state index contributed by atoms with van der Waals surface area (Å²) in [7, 11) is 0. The van der Waals surface area contributed by atoms with Crippen LogP contribution in [0.3, 0.4) is 0 Å². The molecule has 1 amide bonds. The number of ether oxygens (including phenoxy) is 1. The van der Waals surface area contributed by atoms with Gasteiger partial charge in [0.05, 0.1) is 0 Å². The molecule has 0 fully saturated rings. The number of carbonyl (C=O) groups is 2. The smallest absolute Gasteiger partial charge is 0.344 e. The van der Waals surface area contributed by atoms with Gasteiger partial charge in [-0.2, -0.15) is 0 Å². The van der Waals surface area contributed by atoms with Gasteiger partial charge in [0.2, 0.25) is 5.91 Å². The number of rotatable bonds is 3. The lowest BCUT2D eigenvalue weighted by Crippen LogP contribution is -2.23. The minimum atomic E-state index is -1.00. The molecule has 17 heavy (non-hydrogen) atoms. The van der Waals surface area contributed by atoms with E-state index in [1.165, 1.54) is 6.92 Å². The van der Waals surface area contributed by atoms with E-state index in [4.69, 9.17) is 9.84 Å². The summed E-state index contributed by atoms with van der Waals surface area (Å²) in [6, 6.07) is 5.16. The van der Waals surface area contributed by atoms with E-state index >= 15 is 0 Å². The number of aryl methyl sites for hydroxylation is 1. The first-order valence-electron chi connectivity index (χ1n) is 5.38. The quantitative estimate of drug-likeness (QED) is 0.830. The molecule has 2 rings (SSSR count). The predicted octanol–water partition coefficient (Wildman–Crippen LogP) is 1.42. The van der Waals surface area contributed by atoms with Crippen molar-refractivity contribution in [3.8, 4) is 5.75 Å². The Hall–Kier alpha value is -2.04. The molecule has 5 nitrogen and oxygen atoms in total. The van der Waals surface area contributed by atoms with Gasteiger partial charge < -0.3 is 15.2 Å². The van der Waals surface area contributed by atoms with Gasteiger partial charge in [0, 0.05) is 12.1 Å². The third kappa shape index (κ3) is 2.55. The highest BCUT2D eigenvalue weighted by molar-refractivity contribution is 5.94. The van der Waals surface area contributed by atoms with Crippen molar-refractivity contribution in [3.63, 3.8) is 0 Å². The Kier molecular flexibility index (Phi) is 2.99. The first kappa shape index (κ1) is 11.4. The zero-order valence-corrected chi connectivity index (χ0v) is 9.40. The van der Waals surface area contributed by atoms with Gasteiger partial charge >= 0.3 is 5.97 Å². The molecule has 5 heteroatoms. The summed E-state index contributed by atoms with van der Waals surface area (Å²) in [5.41, 5.74) is 1.75. The maximum atomic E-state index is 11.2. The second-order valence-electron chi connectivity index (χ2n) is 3.97. The fourth-order valence-corrected chi connectivity index (χ4v) is 1.69. The SMILES string of the molecule is C[C@@H](Oc1ccc2c(c1)CCC(=O)N2)C(=O)O. The summed E-state index contributed by atoms with van der Waals surface area (Å²) in [5, 5.41) is 11.5. The third-order valence-electron chi connectivity index (χ3n) is 2.63. The van der Waals surface area contributed by atoms with Crippen LogP contribution >= 0.6 is 0 Å². The number of aliphatic carboxylic acids is 1. The van der Waals surface area contributed by atoms with Crippen molar-refractivity contribution in [1.29, 1.82) is 0 Å². The average Bonchev–Trinajstić information content (AvgIpc) is 2.29. The summed E-state index contributed by atoms with van der Waals surface area (Å²) in [5.74, 6) is -0.490. The van der Waals surface area contributed by atoms with E-state index < -0.39 is 12.1 Å². The van der Waals surface area contributed by atoms with Crippen LogP contribution in [-0.4, -0.2) is 23.1 Å². The van der Waals surface area contributed by atoms with E-state index in [1.807, 2.05) is 0 Å². The Morgan fingerprint density at radius 1 is 1.47 bits per heavy atom. The topological polar surface area (TPSA) is 75.6 Å². The molecule has 0 saturated heterocycles. The molecule has 0 saturated carbocycles. The molecule has 1 aromatic carbocycles.